The summed E-state index contributed by atoms with van der Waals surface area (Å²) in [4.78, 5) is 25.4. The molecule has 0 aliphatic rings. The summed E-state index contributed by atoms with van der Waals surface area (Å²) in [5.74, 6) is 1.45. The number of hydrogen-bond donors (Lipinski definition) is 1. The van der Waals surface area contributed by atoms with Crippen molar-refractivity contribution in [2.24, 2.45) is 7.05 Å². The van der Waals surface area contributed by atoms with E-state index < -0.39 is 5.69 Å². The zero-order valence-electron chi connectivity index (χ0n) is 10.6. The second-order valence-corrected chi connectivity index (χ2v) is 4.12. The number of aromatic amines is 1. The molecule has 0 bridgehead atoms. The van der Waals surface area contributed by atoms with E-state index >= 15 is 0 Å². The zero-order chi connectivity index (χ0) is 13.3. The summed E-state index contributed by atoms with van der Waals surface area (Å²) < 4.78 is 3.24. The number of aryl methyl sites for hydroxylation is 2. The Kier molecular flexibility index (Phi) is 3.14. The highest BCUT2D eigenvalue weighted by molar-refractivity contribution is 5.05. The van der Waals surface area contributed by atoms with E-state index in [0.717, 1.165) is 5.82 Å². The molecule has 2 aromatic heterocycles. The van der Waals surface area contributed by atoms with Crippen LogP contribution in [-0.2, 0) is 20.0 Å². The summed E-state index contributed by atoms with van der Waals surface area (Å²) in [6.45, 7) is 4.00. The van der Waals surface area contributed by atoms with E-state index in [2.05, 4.69) is 15.2 Å². The Morgan fingerprint density at radius 3 is 2.61 bits per heavy atom. The van der Waals surface area contributed by atoms with E-state index in [0.29, 0.717) is 24.4 Å². The van der Waals surface area contributed by atoms with Crippen molar-refractivity contribution in [2.45, 2.75) is 26.8 Å². The lowest BCUT2D eigenvalue weighted by Crippen LogP contribution is -2.32. The third-order valence-electron chi connectivity index (χ3n) is 2.96. The van der Waals surface area contributed by atoms with Crippen LogP contribution in [0.15, 0.2) is 15.8 Å². The Hall–Kier alpha value is -2.18. The average Bonchev–Trinajstić information content (AvgIpc) is 2.64. The largest absolute Gasteiger partial charge is 0.328 e. The lowest BCUT2D eigenvalue weighted by atomic mass is 10.2. The van der Waals surface area contributed by atoms with Gasteiger partial charge >= 0.3 is 5.69 Å². The van der Waals surface area contributed by atoms with E-state index in [1.807, 2.05) is 25.5 Å². The smallest absolute Gasteiger partial charge is 0.317 e. The maximum atomic E-state index is 11.7. The predicted molar refractivity (Wildman–Crippen MR) is 65.5 cm³/mol. The van der Waals surface area contributed by atoms with Crippen molar-refractivity contribution in [2.75, 3.05) is 0 Å². The first kappa shape index (κ1) is 12.3. The third-order valence-corrected chi connectivity index (χ3v) is 2.96. The van der Waals surface area contributed by atoms with Crippen LogP contribution in [0.3, 0.4) is 0 Å². The van der Waals surface area contributed by atoms with E-state index in [-0.39, 0.29) is 5.56 Å². The van der Waals surface area contributed by atoms with E-state index in [9.17, 15) is 9.59 Å². The molecule has 2 aromatic rings. The second-order valence-electron chi connectivity index (χ2n) is 4.12. The van der Waals surface area contributed by atoms with Gasteiger partial charge in [0.1, 0.15) is 5.82 Å². The summed E-state index contributed by atoms with van der Waals surface area (Å²) in [5.41, 5.74) is -0.181. The molecule has 7 heteroatoms. The number of nitrogens with one attached hydrogen (secondary N) is 1. The topological polar surface area (TPSA) is 85.6 Å². The predicted octanol–water partition coefficient (Wildman–Crippen LogP) is -0.416. The normalized spacial score (nSPS) is 10.8. The monoisotopic (exact) mass is 249 g/mol. The molecule has 0 aromatic carbocycles. The van der Waals surface area contributed by atoms with Gasteiger partial charge in [-0.1, -0.05) is 6.92 Å². The Bertz CT molecular complexity index is 679. The fraction of sp³-hybridized carbons (Fsp3) is 0.455. The molecule has 0 amide bonds. The van der Waals surface area contributed by atoms with Crippen LogP contribution < -0.4 is 11.2 Å². The quantitative estimate of drug-likeness (QED) is 0.800. The first-order chi connectivity index (χ1) is 8.52. The van der Waals surface area contributed by atoms with Gasteiger partial charge in [0.15, 0.2) is 5.82 Å². The van der Waals surface area contributed by atoms with Crippen LogP contribution in [0, 0.1) is 6.92 Å². The lowest BCUT2D eigenvalue weighted by molar-refractivity contribution is 0.646. The number of rotatable bonds is 3. The highest BCUT2D eigenvalue weighted by Gasteiger charge is 2.08. The van der Waals surface area contributed by atoms with Gasteiger partial charge in [0, 0.05) is 18.8 Å². The fourth-order valence-electron chi connectivity index (χ4n) is 1.66. The van der Waals surface area contributed by atoms with Crippen LogP contribution in [0.2, 0.25) is 0 Å². The van der Waals surface area contributed by atoms with Gasteiger partial charge in [0.25, 0.3) is 5.56 Å². The molecule has 0 spiro atoms. The van der Waals surface area contributed by atoms with Gasteiger partial charge in [-0.25, -0.2) is 4.79 Å². The molecular formula is C11H15N5O2. The highest BCUT2D eigenvalue weighted by atomic mass is 16.2. The molecule has 0 aliphatic carbocycles. The minimum absolute atomic E-state index is 0.292. The molecule has 0 aliphatic heterocycles. The van der Waals surface area contributed by atoms with E-state index in [1.54, 1.807) is 6.20 Å². The molecule has 0 saturated heterocycles. The minimum Gasteiger partial charge on any atom is -0.317 e. The molecule has 0 saturated carbocycles. The van der Waals surface area contributed by atoms with Crippen LogP contribution in [0.1, 0.15) is 24.1 Å². The molecule has 1 N–H and O–H groups in total. The minimum atomic E-state index is -0.433. The fourth-order valence-corrected chi connectivity index (χ4v) is 1.66. The van der Waals surface area contributed by atoms with Crippen LogP contribution in [-0.4, -0.2) is 24.3 Å². The van der Waals surface area contributed by atoms with Gasteiger partial charge in [0.2, 0.25) is 0 Å². The molecular weight excluding hydrogens is 234 g/mol. The number of nitrogens with zero attached hydrogens (tertiary/aromatic N) is 4. The van der Waals surface area contributed by atoms with Crippen molar-refractivity contribution >= 4 is 0 Å². The zero-order valence-corrected chi connectivity index (χ0v) is 10.6. The van der Waals surface area contributed by atoms with Crippen LogP contribution >= 0.6 is 0 Å². The standard InChI is InChI=1S/C11H15N5O2/c1-4-8-5-16(11(18)12-10(8)17)6-9-14-13-7(2)15(9)3/h5H,4,6H2,1-3H3,(H,12,17,18). The summed E-state index contributed by atoms with van der Waals surface area (Å²) in [7, 11) is 1.84. The van der Waals surface area contributed by atoms with Gasteiger partial charge in [-0.05, 0) is 13.3 Å². The number of H-pyrrole nitrogens is 1. The Balaban J connectivity index is 2.43. The molecule has 0 radical (unpaired) electrons. The van der Waals surface area contributed by atoms with Crippen molar-refractivity contribution in [3.63, 3.8) is 0 Å². The SMILES string of the molecule is CCc1cn(Cc2nnc(C)n2C)c(=O)[nH]c1=O. The van der Waals surface area contributed by atoms with Gasteiger partial charge in [-0.15, -0.1) is 10.2 Å². The highest BCUT2D eigenvalue weighted by Crippen LogP contribution is 1.99. The molecule has 0 fully saturated rings. The van der Waals surface area contributed by atoms with Crippen molar-refractivity contribution in [1.82, 2.24) is 24.3 Å². The first-order valence-electron chi connectivity index (χ1n) is 5.70. The van der Waals surface area contributed by atoms with Gasteiger partial charge < -0.3 is 4.57 Å². The molecule has 0 atom stereocenters. The van der Waals surface area contributed by atoms with Gasteiger partial charge in [-0.3, -0.25) is 14.3 Å². The maximum Gasteiger partial charge on any atom is 0.328 e. The Morgan fingerprint density at radius 1 is 1.33 bits per heavy atom. The van der Waals surface area contributed by atoms with Crippen LogP contribution in [0.25, 0.3) is 0 Å². The van der Waals surface area contributed by atoms with Crippen molar-refractivity contribution in [3.05, 3.63) is 44.2 Å². The van der Waals surface area contributed by atoms with Crippen LogP contribution in [0.5, 0.6) is 0 Å². The lowest BCUT2D eigenvalue weighted by Gasteiger charge is -2.06. The number of hydrogen-bond acceptors (Lipinski definition) is 4. The first-order valence-corrected chi connectivity index (χ1v) is 5.70. The third kappa shape index (κ3) is 2.11. The summed E-state index contributed by atoms with van der Waals surface area (Å²) in [6, 6.07) is 0. The molecule has 18 heavy (non-hydrogen) atoms. The average molecular weight is 249 g/mol. The Labute approximate surface area is 103 Å². The Morgan fingerprint density at radius 2 is 2.06 bits per heavy atom. The van der Waals surface area contributed by atoms with Crippen molar-refractivity contribution in [1.29, 1.82) is 0 Å². The van der Waals surface area contributed by atoms with E-state index in [1.165, 1.54) is 4.57 Å². The molecule has 7 nitrogen and oxygen atoms in total. The van der Waals surface area contributed by atoms with Crippen LogP contribution in [0.4, 0.5) is 0 Å². The summed E-state index contributed by atoms with van der Waals surface area (Å²) in [6.07, 6.45) is 2.15. The molecule has 2 rings (SSSR count). The van der Waals surface area contributed by atoms with Gasteiger partial charge in [-0.2, -0.15) is 0 Å². The second kappa shape index (κ2) is 4.59. The van der Waals surface area contributed by atoms with E-state index in [4.69, 9.17) is 0 Å². The summed E-state index contributed by atoms with van der Waals surface area (Å²) >= 11 is 0. The molecule has 0 unspecified atom stereocenters. The maximum absolute atomic E-state index is 11.7. The van der Waals surface area contributed by atoms with Gasteiger partial charge in [0.05, 0.1) is 6.54 Å². The van der Waals surface area contributed by atoms with Crippen molar-refractivity contribution in [3.8, 4) is 0 Å². The molecule has 96 valence electrons. The number of aromatic nitrogens is 5. The molecule has 2 heterocycles. The summed E-state index contributed by atoms with van der Waals surface area (Å²) in [5, 5.41) is 7.92. The van der Waals surface area contributed by atoms with Crippen molar-refractivity contribution < 1.29 is 0 Å².